The summed E-state index contributed by atoms with van der Waals surface area (Å²) < 4.78 is 19.0. The fourth-order valence-electron chi connectivity index (χ4n) is 7.48. The fraction of sp³-hybridized carbons (Fsp3) is 0.600. The maximum atomic E-state index is 14.2. The molecule has 0 saturated carbocycles. The number of hydrogen-bond acceptors (Lipinski definition) is 9. The first-order valence-corrected chi connectivity index (χ1v) is 17.1. The first kappa shape index (κ1) is 32.9. The number of nitrogens with one attached hydrogen (secondary N) is 1. The minimum Gasteiger partial charge on any atom is -0.493 e. The van der Waals surface area contributed by atoms with E-state index in [1.807, 2.05) is 18.0 Å². The number of carbonyl (C=O) groups is 2. The predicted molar refractivity (Wildman–Crippen MR) is 181 cm³/mol. The number of anilines is 1. The summed E-state index contributed by atoms with van der Waals surface area (Å²) in [6.07, 6.45) is 6.27. The zero-order chi connectivity index (χ0) is 33.1. The van der Waals surface area contributed by atoms with Gasteiger partial charge in [-0.25, -0.2) is 4.98 Å². The van der Waals surface area contributed by atoms with Crippen molar-refractivity contribution in [3.8, 4) is 17.2 Å². The van der Waals surface area contributed by atoms with Gasteiger partial charge in [0.05, 0.1) is 32.5 Å². The van der Waals surface area contributed by atoms with Crippen molar-refractivity contribution in [3.63, 3.8) is 0 Å². The minimum absolute atomic E-state index is 0.0214. The van der Waals surface area contributed by atoms with Crippen LogP contribution in [0.25, 0.3) is 10.9 Å². The van der Waals surface area contributed by atoms with Gasteiger partial charge in [-0.15, -0.1) is 0 Å². The van der Waals surface area contributed by atoms with Crippen LogP contribution in [0.3, 0.4) is 0 Å². The average molecular weight is 648 g/mol. The number of carbonyl (C=O) groups excluding carboxylic acids is 2. The summed E-state index contributed by atoms with van der Waals surface area (Å²) in [5, 5.41) is 8.75. The van der Waals surface area contributed by atoms with Gasteiger partial charge in [0.1, 0.15) is 11.5 Å². The first-order chi connectivity index (χ1) is 22.8. The highest BCUT2D eigenvalue weighted by molar-refractivity contribution is 5.95. The van der Waals surface area contributed by atoms with Gasteiger partial charge in [0.15, 0.2) is 11.5 Å². The summed E-state index contributed by atoms with van der Waals surface area (Å²) in [7, 11) is 6.73. The quantitative estimate of drug-likeness (QED) is 0.444. The van der Waals surface area contributed by atoms with Crippen molar-refractivity contribution >= 4 is 28.5 Å². The van der Waals surface area contributed by atoms with Gasteiger partial charge in [-0.1, -0.05) is 6.92 Å². The molecular formula is C35H49N7O5. The molecule has 2 amide bonds. The summed E-state index contributed by atoms with van der Waals surface area (Å²) in [6.45, 7) is 7.37. The number of rotatable bonds is 5. The van der Waals surface area contributed by atoms with E-state index in [9.17, 15) is 9.59 Å². The molecule has 2 aliphatic heterocycles. The molecule has 0 radical (unpaired) electrons. The van der Waals surface area contributed by atoms with Crippen LogP contribution in [0.2, 0.25) is 0 Å². The smallest absolute Gasteiger partial charge is 0.272 e. The molecular weight excluding hydrogens is 598 g/mol. The molecule has 3 aliphatic rings. The van der Waals surface area contributed by atoms with Crippen LogP contribution in [-0.2, 0) is 31.2 Å². The van der Waals surface area contributed by atoms with Crippen LogP contribution in [0.5, 0.6) is 17.2 Å². The Morgan fingerprint density at radius 2 is 1.79 bits per heavy atom. The van der Waals surface area contributed by atoms with Crippen molar-refractivity contribution < 1.29 is 23.8 Å². The number of piperidine rings is 1. The fourth-order valence-corrected chi connectivity index (χ4v) is 7.48. The summed E-state index contributed by atoms with van der Waals surface area (Å²) >= 11 is 0. The highest BCUT2D eigenvalue weighted by Crippen LogP contribution is 2.44. The van der Waals surface area contributed by atoms with E-state index >= 15 is 0 Å². The summed E-state index contributed by atoms with van der Waals surface area (Å²) in [6, 6.07) is 4.09. The molecule has 1 aromatic carbocycles. The van der Waals surface area contributed by atoms with Crippen LogP contribution < -0.4 is 24.4 Å². The number of benzene rings is 1. The number of methoxy groups -OCH3 is 3. The van der Waals surface area contributed by atoms with Crippen molar-refractivity contribution in [3.05, 3.63) is 34.6 Å². The molecule has 4 heterocycles. The number of likely N-dealkylation sites (N-methyl/N-ethyl adjacent to an activating group) is 1. The van der Waals surface area contributed by atoms with Crippen LogP contribution in [0.1, 0.15) is 66.3 Å². The lowest BCUT2D eigenvalue weighted by Crippen LogP contribution is -2.42. The number of hydrogen-bond donors (Lipinski definition) is 1. The van der Waals surface area contributed by atoms with E-state index in [1.54, 1.807) is 26.0 Å². The topological polar surface area (TPSA) is 114 Å². The molecule has 3 aromatic rings. The van der Waals surface area contributed by atoms with E-state index in [2.05, 4.69) is 28.1 Å². The third-order valence-corrected chi connectivity index (χ3v) is 10.0. The SMILES string of the molecule is CCN1CCN(C(=O)c2c3c(nn2C)CCCC3)CCC(=O)NCC2CCCN(C2)c2nc3cc(OC)c(OC)c(OC)c3cc2C1. The molecule has 1 N–H and O–H groups in total. The predicted octanol–water partition coefficient (Wildman–Crippen LogP) is 3.57. The molecule has 1 saturated heterocycles. The van der Waals surface area contributed by atoms with Crippen molar-refractivity contribution in [1.29, 1.82) is 0 Å². The average Bonchev–Trinajstić information content (AvgIpc) is 3.43. The van der Waals surface area contributed by atoms with Crippen LogP contribution in [0, 0.1) is 5.92 Å². The molecule has 0 spiro atoms. The van der Waals surface area contributed by atoms with Crippen molar-refractivity contribution in [1.82, 2.24) is 29.9 Å². The molecule has 2 bridgehead atoms. The largest absolute Gasteiger partial charge is 0.493 e. The molecule has 12 heteroatoms. The van der Waals surface area contributed by atoms with Gasteiger partial charge in [-0.2, -0.15) is 5.10 Å². The van der Waals surface area contributed by atoms with E-state index in [-0.39, 0.29) is 18.2 Å². The number of pyridine rings is 1. The molecule has 1 atom stereocenters. The Morgan fingerprint density at radius 3 is 2.55 bits per heavy atom. The lowest BCUT2D eigenvalue weighted by atomic mass is 9.95. The van der Waals surface area contributed by atoms with Crippen LogP contribution in [-0.4, -0.2) is 104 Å². The maximum absolute atomic E-state index is 14.2. The van der Waals surface area contributed by atoms with E-state index in [0.29, 0.717) is 61.6 Å². The number of fused-ring (bicyclic) bond motifs is 6. The molecule has 1 unspecified atom stereocenters. The monoisotopic (exact) mass is 647 g/mol. The lowest BCUT2D eigenvalue weighted by molar-refractivity contribution is -0.121. The Balaban J connectivity index is 1.38. The highest BCUT2D eigenvalue weighted by atomic mass is 16.5. The van der Waals surface area contributed by atoms with E-state index in [1.165, 1.54) is 0 Å². The van der Waals surface area contributed by atoms with Gasteiger partial charge in [-0.3, -0.25) is 19.2 Å². The molecule has 6 rings (SSSR count). The van der Waals surface area contributed by atoms with Crippen LogP contribution >= 0.6 is 0 Å². The second-order valence-electron chi connectivity index (χ2n) is 13.0. The van der Waals surface area contributed by atoms with E-state index in [4.69, 9.17) is 24.3 Å². The van der Waals surface area contributed by atoms with Gasteiger partial charge in [0, 0.05) is 81.9 Å². The second kappa shape index (κ2) is 14.4. The van der Waals surface area contributed by atoms with E-state index < -0.39 is 0 Å². The molecule has 12 nitrogen and oxygen atoms in total. The van der Waals surface area contributed by atoms with E-state index in [0.717, 1.165) is 91.7 Å². The third kappa shape index (κ3) is 6.70. The number of nitrogens with zero attached hydrogens (tertiary/aromatic N) is 6. The Labute approximate surface area is 277 Å². The Bertz CT molecular complexity index is 1620. The highest BCUT2D eigenvalue weighted by Gasteiger charge is 2.30. The third-order valence-electron chi connectivity index (χ3n) is 10.0. The summed E-state index contributed by atoms with van der Waals surface area (Å²) in [5.41, 5.74) is 4.63. The number of aromatic nitrogens is 3. The minimum atomic E-state index is -0.0443. The van der Waals surface area contributed by atoms with Crippen molar-refractivity contribution in [2.75, 3.05) is 72.0 Å². The Morgan fingerprint density at radius 1 is 0.979 bits per heavy atom. The molecule has 2 aromatic heterocycles. The Kier molecular flexibility index (Phi) is 10.0. The van der Waals surface area contributed by atoms with Gasteiger partial charge < -0.3 is 29.3 Å². The van der Waals surface area contributed by atoms with Crippen molar-refractivity contribution in [2.45, 2.75) is 58.4 Å². The van der Waals surface area contributed by atoms with Gasteiger partial charge in [-0.05, 0) is 57.1 Å². The normalized spacial score (nSPS) is 19.7. The number of aryl methyl sites for hydroxylation is 2. The summed E-state index contributed by atoms with van der Waals surface area (Å²) in [4.78, 5) is 39.2. The van der Waals surface area contributed by atoms with Gasteiger partial charge in [0.25, 0.3) is 5.91 Å². The van der Waals surface area contributed by atoms with Gasteiger partial charge >= 0.3 is 0 Å². The molecule has 254 valence electrons. The van der Waals surface area contributed by atoms with Crippen LogP contribution in [0.4, 0.5) is 5.82 Å². The maximum Gasteiger partial charge on any atom is 0.272 e. The Hall–Kier alpha value is -4.06. The summed E-state index contributed by atoms with van der Waals surface area (Å²) in [5.74, 6) is 2.86. The number of ether oxygens (including phenoxy) is 3. The van der Waals surface area contributed by atoms with Crippen molar-refractivity contribution in [2.24, 2.45) is 13.0 Å². The molecule has 1 aliphatic carbocycles. The zero-order valence-corrected chi connectivity index (χ0v) is 28.6. The first-order valence-electron chi connectivity index (χ1n) is 17.1. The second-order valence-corrected chi connectivity index (χ2v) is 13.0. The van der Waals surface area contributed by atoms with Crippen LogP contribution in [0.15, 0.2) is 12.1 Å². The standard InChI is InChI=1S/C35H49N7O5/c1-6-40-16-17-41(35(44)31-25-11-7-8-12-27(25)38-39(31)2)15-13-30(43)36-20-23-10-9-14-42(21-23)34-24(22-40)18-26-28(37-34)19-29(45-3)33(47-5)32(26)46-4/h18-19,23H,6-17,20-22H2,1-5H3,(H,36,43). The van der Waals surface area contributed by atoms with Gasteiger partial charge in [0.2, 0.25) is 11.7 Å². The lowest BCUT2D eigenvalue weighted by Gasteiger charge is -2.35. The zero-order valence-electron chi connectivity index (χ0n) is 28.6. The number of amides is 2. The molecule has 1 fully saturated rings. The molecule has 47 heavy (non-hydrogen) atoms.